The lowest BCUT2D eigenvalue weighted by molar-refractivity contribution is -0.127. The Labute approximate surface area is 228 Å². The predicted octanol–water partition coefficient (Wildman–Crippen LogP) is 2.73. The maximum absolute atomic E-state index is 13.4. The molecule has 0 spiro atoms. The number of aromatic nitrogens is 3. The van der Waals surface area contributed by atoms with Crippen molar-refractivity contribution in [2.75, 3.05) is 47.4 Å². The number of benzene rings is 1. The van der Waals surface area contributed by atoms with Crippen molar-refractivity contribution in [3.8, 4) is 16.5 Å². The number of ketones is 1. The molecule has 202 valence electrons. The van der Waals surface area contributed by atoms with Gasteiger partial charge in [0.1, 0.15) is 22.7 Å². The molecule has 3 aromatic heterocycles. The highest BCUT2D eigenvalue weighted by Gasteiger charge is 2.31. The van der Waals surface area contributed by atoms with Gasteiger partial charge in [0.2, 0.25) is 0 Å². The van der Waals surface area contributed by atoms with Crippen LogP contribution in [0.3, 0.4) is 0 Å². The number of nitrogens with one attached hydrogen (secondary N) is 2. The minimum Gasteiger partial charge on any atom is -0.494 e. The first-order chi connectivity index (χ1) is 19.0. The second kappa shape index (κ2) is 11.3. The van der Waals surface area contributed by atoms with E-state index < -0.39 is 11.7 Å². The van der Waals surface area contributed by atoms with Gasteiger partial charge in [0.25, 0.3) is 17.6 Å². The van der Waals surface area contributed by atoms with Crippen molar-refractivity contribution in [3.05, 3.63) is 64.9 Å². The van der Waals surface area contributed by atoms with Gasteiger partial charge in [0.05, 0.1) is 34.7 Å². The molecule has 11 nitrogen and oxygen atoms in total. The van der Waals surface area contributed by atoms with E-state index in [9.17, 15) is 14.4 Å². The molecule has 12 heteroatoms. The number of amides is 2. The van der Waals surface area contributed by atoms with Crippen LogP contribution in [0.25, 0.3) is 21.6 Å². The Morgan fingerprint density at radius 2 is 1.74 bits per heavy atom. The number of thiazole rings is 1. The predicted molar refractivity (Wildman–Crippen MR) is 146 cm³/mol. The molecule has 1 atom stereocenters. The van der Waals surface area contributed by atoms with Crippen LogP contribution in [-0.2, 0) is 9.53 Å². The number of pyridine rings is 1. The second-order valence-electron chi connectivity index (χ2n) is 8.88. The van der Waals surface area contributed by atoms with Crippen LogP contribution >= 0.6 is 11.3 Å². The molecule has 2 amide bonds. The highest BCUT2D eigenvalue weighted by atomic mass is 32.1. The standard InChI is InChI=1S/C27H28N6O5S/c1-28-24(38-3)19-15-31-25(39-19)22-21-20(18(37-2)14-30-22)17(13-29-21)23(34)27(36)33-11-9-32(10-12-33)26(35)16-7-5-4-6-8-16/h4-8,13-15,24,28-29H,9-12H2,1-3H3. The summed E-state index contributed by atoms with van der Waals surface area (Å²) in [5.74, 6) is -1.01. The Morgan fingerprint density at radius 3 is 2.41 bits per heavy atom. The summed E-state index contributed by atoms with van der Waals surface area (Å²) in [6, 6.07) is 9.01. The average molecular weight is 549 g/mol. The third-order valence-corrected chi connectivity index (χ3v) is 7.74. The van der Waals surface area contributed by atoms with Crippen LogP contribution in [0.4, 0.5) is 0 Å². The number of H-pyrrole nitrogens is 1. The van der Waals surface area contributed by atoms with Crippen LogP contribution in [0.1, 0.15) is 31.8 Å². The van der Waals surface area contributed by atoms with Gasteiger partial charge in [-0.2, -0.15) is 0 Å². The largest absolute Gasteiger partial charge is 0.494 e. The van der Waals surface area contributed by atoms with E-state index in [1.165, 1.54) is 35.7 Å². The topological polar surface area (TPSA) is 130 Å². The molecule has 1 unspecified atom stereocenters. The second-order valence-corrected chi connectivity index (χ2v) is 9.94. The lowest BCUT2D eigenvalue weighted by Gasteiger charge is -2.34. The van der Waals surface area contributed by atoms with Crippen molar-refractivity contribution in [1.82, 2.24) is 30.1 Å². The molecule has 1 saturated heterocycles. The molecule has 2 N–H and O–H groups in total. The first kappa shape index (κ1) is 26.5. The molecule has 0 aliphatic carbocycles. The van der Waals surface area contributed by atoms with Crippen LogP contribution < -0.4 is 10.1 Å². The lowest BCUT2D eigenvalue weighted by Crippen LogP contribution is -2.52. The van der Waals surface area contributed by atoms with E-state index >= 15 is 0 Å². The Morgan fingerprint density at radius 1 is 1.03 bits per heavy atom. The number of piperazine rings is 1. The summed E-state index contributed by atoms with van der Waals surface area (Å²) in [6.07, 6.45) is 4.43. The van der Waals surface area contributed by atoms with E-state index in [2.05, 4.69) is 20.3 Å². The number of ether oxygens (including phenoxy) is 2. The smallest absolute Gasteiger partial charge is 0.295 e. The van der Waals surface area contributed by atoms with Crippen molar-refractivity contribution < 1.29 is 23.9 Å². The fraction of sp³-hybridized carbons (Fsp3) is 0.296. The fourth-order valence-electron chi connectivity index (χ4n) is 4.64. The number of carbonyl (C=O) groups is 3. The average Bonchev–Trinajstić information content (AvgIpc) is 3.65. The van der Waals surface area contributed by atoms with Gasteiger partial charge < -0.3 is 24.3 Å². The van der Waals surface area contributed by atoms with Gasteiger partial charge in [-0.15, -0.1) is 11.3 Å². The zero-order valence-corrected chi connectivity index (χ0v) is 22.6. The van der Waals surface area contributed by atoms with E-state index in [0.29, 0.717) is 46.0 Å². The third kappa shape index (κ3) is 5.01. The minimum atomic E-state index is -0.658. The number of hydrogen-bond donors (Lipinski definition) is 2. The molecule has 39 heavy (non-hydrogen) atoms. The zero-order chi connectivity index (χ0) is 27.5. The van der Waals surface area contributed by atoms with E-state index in [1.807, 2.05) is 18.2 Å². The number of hydrogen-bond acceptors (Lipinski definition) is 9. The summed E-state index contributed by atoms with van der Waals surface area (Å²) in [5, 5.41) is 4.15. The molecule has 0 radical (unpaired) electrons. The highest BCUT2D eigenvalue weighted by molar-refractivity contribution is 7.15. The van der Waals surface area contributed by atoms with E-state index in [-0.39, 0.29) is 30.8 Å². The summed E-state index contributed by atoms with van der Waals surface area (Å²) in [4.78, 5) is 55.6. The number of rotatable bonds is 8. The highest BCUT2D eigenvalue weighted by Crippen LogP contribution is 2.37. The van der Waals surface area contributed by atoms with Crippen molar-refractivity contribution in [1.29, 1.82) is 0 Å². The number of aromatic amines is 1. The summed E-state index contributed by atoms with van der Waals surface area (Å²) in [7, 11) is 4.88. The summed E-state index contributed by atoms with van der Waals surface area (Å²) in [6.45, 7) is 1.23. The number of methoxy groups -OCH3 is 2. The third-order valence-electron chi connectivity index (χ3n) is 6.69. The number of fused-ring (bicyclic) bond motifs is 1. The van der Waals surface area contributed by atoms with Crippen LogP contribution in [-0.4, -0.2) is 89.8 Å². The molecular formula is C27H28N6O5S. The van der Waals surface area contributed by atoms with Gasteiger partial charge in [0, 0.05) is 51.2 Å². The maximum Gasteiger partial charge on any atom is 0.295 e. The van der Waals surface area contributed by atoms with E-state index in [1.54, 1.807) is 37.4 Å². The monoisotopic (exact) mass is 548 g/mol. The van der Waals surface area contributed by atoms with Gasteiger partial charge >= 0.3 is 0 Å². The molecule has 5 rings (SSSR count). The Bertz CT molecular complexity index is 1510. The Kier molecular flexibility index (Phi) is 7.68. The molecule has 1 fully saturated rings. The first-order valence-corrected chi connectivity index (χ1v) is 13.2. The quantitative estimate of drug-likeness (QED) is 0.195. The minimum absolute atomic E-state index is 0.0905. The van der Waals surface area contributed by atoms with Gasteiger partial charge in [0.15, 0.2) is 0 Å². The van der Waals surface area contributed by atoms with Gasteiger partial charge in [-0.3, -0.25) is 19.7 Å². The summed E-state index contributed by atoms with van der Waals surface area (Å²) < 4.78 is 10.9. The van der Waals surface area contributed by atoms with Gasteiger partial charge in [-0.25, -0.2) is 9.97 Å². The Hall–Kier alpha value is -4.13. The summed E-state index contributed by atoms with van der Waals surface area (Å²) >= 11 is 1.40. The maximum atomic E-state index is 13.4. The van der Waals surface area contributed by atoms with Crippen LogP contribution in [0.15, 0.2) is 48.9 Å². The Balaban J connectivity index is 1.37. The lowest BCUT2D eigenvalue weighted by atomic mass is 10.1. The van der Waals surface area contributed by atoms with Crippen molar-refractivity contribution in [3.63, 3.8) is 0 Å². The molecule has 1 aromatic carbocycles. The van der Waals surface area contributed by atoms with Crippen molar-refractivity contribution in [2.45, 2.75) is 6.23 Å². The van der Waals surface area contributed by atoms with Crippen LogP contribution in [0.5, 0.6) is 5.75 Å². The van der Waals surface area contributed by atoms with Crippen LogP contribution in [0.2, 0.25) is 0 Å². The fourth-order valence-corrected chi connectivity index (χ4v) is 5.65. The van der Waals surface area contributed by atoms with E-state index in [4.69, 9.17) is 9.47 Å². The molecule has 0 saturated carbocycles. The SMILES string of the molecule is CNC(OC)c1cnc(-c2ncc(OC)c3c(C(=O)C(=O)N4CCN(C(=O)c5ccccc5)CC4)c[nH]c23)s1. The molecule has 4 heterocycles. The molecule has 1 aliphatic heterocycles. The van der Waals surface area contributed by atoms with Gasteiger partial charge in [-0.1, -0.05) is 18.2 Å². The summed E-state index contributed by atoms with van der Waals surface area (Å²) in [5.41, 5.74) is 1.87. The molecular weight excluding hydrogens is 520 g/mol. The molecule has 0 bridgehead atoms. The van der Waals surface area contributed by atoms with Crippen LogP contribution in [0, 0.1) is 0 Å². The van der Waals surface area contributed by atoms with E-state index in [0.717, 1.165) is 4.88 Å². The number of Topliss-reactive ketones (excluding diaryl/α,β-unsaturated/α-hetero) is 1. The normalized spacial score (nSPS) is 14.4. The van der Waals surface area contributed by atoms with Gasteiger partial charge in [-0.05, 0) is 19.2 Å². The molecule has 4 aromatic rings. The number of nitrogens with zero attached hydrogens (tertiary/aromatic N) is 4. The number of carbonyl (C=O) groups excluding carboxylic acids is 3. The zero-order valence-electron chi connectivity index (χ0n) is 21.8. The van der Waals surface area contributed by atoms with Crippen molar-refractivity contribution in [2.24, 2.45) is 0 Å². The van der Waals surface area contributed by atoms with Crippen molar-refractivity contribution >= 4 is 39.8 Å². The molecule has 1 aliphatic rings. The first-order valence-electron chi connectivity index (χ1n) is 12.3.